The lowest BCUT2D eigenvalue weighted by atomic mass is 10.2. The Morgan fingerprint density at radius 2 is 1.94 bits per heavy atom. The molecular formula is C10H10Cl2O4S2. The second-order valence-corrected chi connectivity index (χ2v) is 7.26. The first kappa shape index (κ1) is 15.6. The number of carboxylic acids is 1. The minimum Gasteiger partial charge on any atom is -0.478 e. The minimum atomic E-state index is -3.60. The molecule has 1 aromatic carbocycles. The Labute approximate surface area is 119 Å². The van der Waals surface area contributed by atoms with E-state index in [1.807, 2.05) is 0 Å². The van der Waals surface area contributed by atoms with Crippen LogP contribution < -0.4 is 0 Å². The normalized spacial score (nSPS) is 11.5. The van der Waals surface area contributed by atoms with Gasteiger partial charge in [-0.1, -0.05) is 23.2 Å². The molecule has 0 heterocycles. The van der Waals surface area contributed by atoms with E-state index in [1.54, 1.807) is 6.26 Å². The zero-order valence-electron chi connectivity index (χ0n) is 9.31. The summed E-state index contributed by atoms with van der Waals surface area (Å²) in [5.41, 5.74) is -0.274. The fourth-order valence-electron chi connectivity index (χ4n) is 1.23. The standard InChI is InChI=1S/C10H10Cl2O4S2/c1-17-2-3-18(15,16)9-4-6(10(13)14)7(11)5-8(9)12/h4-5H,2-3H2,1H3,(H,13,14). The molecule has 0 atom stereocenters. The Balaban J connectivity index is 3.33. The van der Waals surface area contributed by atoms with Gasteiger partial charge in [-0.15, -0.1) is 0 Å². The molecule has 0 saturated heterocycles. The smallest absolute Gasteiger partial charge is 0.337 e. The van der Waals surface area contributed by atoms with Crippen LogP contribution in [-0.2, 0) is 9.84 Å². The molecule has 0 spiro atoms. The van der Waals surface area contributed by atoms with Crippen molar-refractivity contribution in [2.45, 2.75) is 4.90 Å². The average Bonchev–Trinajstić information content (AvgIpc) is 2.25. The summed E-state index contributed by atoms with van der Waals surface area (Å²) in [6, 6.07) is 2.14. The molecule has 0 bridgehead atoms. The van der Waals surface area contributed by atoms with Gasteiger partial charge in [0, 0.05) is 5.75 Å². The molecule has 1 N–H and O–H groups in total. The Bertz CT molecular complexity index is 569. The second kappa shape index (κ2) is 6.14. The van der Waals surface area contributed by atoms with Crippen molar-refractivity contribution in [2.24, 2.45) is 0 Å². The first-order valence-electron chi connectivity index (χ1n) is 4.73. The summed E-state index contributed by atoms with van der Waals surface area (Å²) < 4.78 is 23.9. The van der Waals surface area contributed by atoms with Gasteiger partial charge in [0.25, 0.3) is 0 Å². The van der Waals surface area contributed by atoms with E-state index in [9.17, 15) is 13.2 Å². The van der Waals surface area contributed by atoms with E-state index in [1.165, 1.54) is 11.8 Å². The monoisotopic (exact) mass is 328 g/mol. The first-order valence-corrected chi connectivity index (χ1v) is 8.54. The van der Waals surface area contributed by atoms with Crippen LogP contribution in [-0.4, -0.2) is 37.3 Å². The highest BCUT2D eigenvalue weighted by Crippen LogP contribution is 2.29. The van der Waals surface area contributed by atoms with Crippen molar-refractivity contribution < 1.29 is 18.3 Å². The lowest BCUT2D eigenvalue weighted by molar-refractivity contribution is 0.0697. The molecule has 18 heavy (non-hydrogen) atoms. The highest BCUT2D eigenvalue weighted by atomic mass is 35.5. The Hall–Kier alpha value is -0.430. The number of benzene rings is 1. The molecule has 0 fully saturated rings. The molecule has 100 valence electrons. The van der Waals surface area contributed by atoms with E-state index >= 15 is 0 Å². The third-order valence-corrected chi connectivity index (χ3v) is 5.50. The van der Waals surface area contributed by atoms with Crippen LogP contribution in [0, 0.1) is 0 Å². The molecule has 1 rings (SSSR count). The van der Waals surface area contributed by atoms with Gasteiger partial charge in [0.2, 0.25) is 0 Å². The van der Waals surface area contributed by atoms with E-state index < -0.39 is 15.8 Å². The zero-order chi connectivity index (χ0) is 13.9. The topological polar surface area (TPSA) is 71.4 Å². The summed E-state index contributed by atoms with van der Waals surface area (Å²) in [5, 5.41) is 8.75. The van der Waals surface area contributed by atoms with Gasteiger partial charge in [-0.3, -0.25) is 0 Å². The molecule has 0 radical (unpaired) electrons. The van der Waals surface area contributed by atoms with Crippen molar-refractivity contribution in [3.63, 3.8) is 0 Å². The number of hydrogen-bond acceptors (Lipinski definition) is 4. The summed E-state index contributed by atoms with van der Waals surface area (Å²) in [6.07, 6.45) is 1.78. The number of rotatable bonds is 5. The number of aromatic carboxylic acids is 1. The fourth-order valence-corrected chi connectivity index (χ4v) is 4.47. The molecule has 4 nitrogen and oxygen atoms in total. The van der Waals surface area contributed by atoms with Crippen LogP contribution in [0.15, 0.2) is 17.0 Å². The maximum atomic E-state index is 12.0. The van der Waals surface area contributed by atoms with Crippen molar-refractivity contribution >= 4 is 50.8 Å². The quantitative estimate of drug-likeness (QED) is 0.899. The van der Waals surface area contributed by atoms with E-state index in [-0.39, 0.29) is 26.3 Å². The number of halogens is 2. The summed E-state index contributed by atoms with van der Waals surface area (Å²) >= 11 is 12.9. The molecule has 0 aliphatic carbocycles. The van der Waals surface area contributed by atoms with Crippen molar-refractivity contribution in [1.29, 1.82) is 0 Å². The van der Waals surface area contributed by atoms with Gasteiger partial charge in [0.05, 0.1) is 26.3 Å². The molecule has 0 amide bonds. The third kappa shape index (κ3) is 3.54. The van der Waals surface area contributed by atoms with Crippen molar-refractivity contribution in [2.75, 3.05) is 17.8 Å². The second-order valence-electron chi connectivity index (χ2n) is 3.38. The van der Waals surface area contributed by atoms with Crippen LogP contribution in [0.4, 0.5) is 0 Å². The Morgan fingerprint density at radius 1 is 1.33 bits per heavy atom. The van der Waals surface area contributed by atoms with Crippen LogP contribution in [0.5, 0.6) is 0 Å². The molecule has 0 saturated carbocycles. The maximum absolute atomic E-state index is 12.0. The summed E-state index contributed by atoms with van der Waals surface area (Å²) in [5.74, 6) is -0.990. The molecule has 8 heteroatoms. The highest BCUT2D eigenvalue weighted by Gasteiger charge is 2.22. The van der Waals surface area contributed by atoms with E-state index in [0.717, 1.165) is 12.1 Å². The predicted molar refractivity (Wildman–Crippen MR) is 73.9 cm³/mol. The number of thioether (sulfide) groups is 1. The van der Waals surface area contributed by atoms with Crippen molar-refractivity contribution in [3.8, 4) is 0 Å². The molecule has 0 aliphatic heterocycles. The summed E-state index contributed by atoms with van der Waals surface area (Å²) in [6.45, 7) is 0. The average molecular weight is 329 g/mol. The van der Waals surface area contributed by atoms with E-state index in [4.69, 9.17) is 28.3 Å². The van der Waals surface area contributed by atoms with Crippen LogP contribution in [0.1, 0.15) is 10.4 Å². The van der Waals surface area contributed by atoms with Gasteiger partial charge in [0.15, 0.2) is 9.84 Å². The van der Waals surface area contributed by atoms with E-state index in [0.29, 0.717) is 5.75 Å². The van der Waals surface area contributed by atoms with Gasteiger partial charge in [-0.05, 0) is 18.4 Å². The van der Waals surface area contributed by atoms with E-state index in [2.05, 4.69) is 0 Å². The zero-order valence-corrected chi connectivity index (χ0v) is 12.5. The molecule has 0 aromatic heterocycles. The van der Waals surface area contributed by atoms with Crippen molar-refractivity contribution in [1.82, 2.24) is 0 Å². The SMILES string of the molecule is CSCCS(=O)(=O)c1cc(C(=O)O)c(Cl)cc1Cl. The largest absolute Gasteiger partial charge is 0.478 e. The number of hydrogen-bond donors (Lipinski definition) is 1. The Morgan fingerprint density at radius 3 is 2.44 bits per heavy atom. The Kier molecular flexibility index (Phi) is 5.33. The molecule has 1 aromatic rings. The van der Waals surface area contributed by atoms with Gasteiger partial charge in [0.1, 0.15) is 0 Å². The van der Waals surface area contributed by atoms with Crippen LogP contribution in [0.25, 0.3) is 0 Å². The minimum absolute atomic E-state index is 0.0638. The van der Waals surface area contributed by atoms with Gasteiger partial charge in [-0.2, -0.15) is 11.8 Å². The van der Waals surface area contributed by atoms with Gasteiger partial charge >= 0.3 is 5.97 Å². The maximum Gasteiger partial charge on any atom is 0.337 e. The summed E-state index contributed by atoms with van der Waals surface area (Å²) in [4.78, 5) is 10.7. The number of carbonyl (C=O) groups is 1. The van der Waals surface area contributed by atoms with Crippen LogP contribution >= 0.6 is 35.0 Å². The van der Waals surface area contributed by atoms with Crippen LogP contribution in [0.3, 0.4) is 0 Å². The number of carboxylic acid groups (broad SMARTS) is 1. The van der Waals surface area contributed by atoms with Crippen LogP contribution in [0.2, 0.25) is 10.0 Å². The lowest BCUT2D eigenvalue weighted by Gasteiger charge is -2.08. The highest BCUT2D eigenvalue weighted by molar-refractivity contribution is 8.00. The lowest BCUT2D eigenvalue weighted by Crippen LogP contribution is -2.11. The molecule has 0 aliphatic rings. The first-order chi connectivity index (χ1) is 8.29. The molecular weight excluding hydrogens is 319 g/mol. The predicted octanol–water partition coefficient (Wildman–Crippen LogP) is 2.83. The fraction of sp³-hybridized carbons (Fsp3) is 0.300. The third-order valence-electron chi connectivity index (χ3n) is 2.14. The van der Waals surface area contributed by atoms with Gasteiger partial charge in [-0.25, -0.2) is 13.2 Å². The molecule has 0 unspecified atom stereocenters. The van der Waals surface area contributed by atoms with Gasteiger partial charge < -0.3 is 5.11 Å². The number of sulfone groups is 1. The summed E-state index contributed by atoms with van der Waals surface area (Å²) in [7, 11) is -3.60. The van der Waals surface area contributed by atoms with Crippen molar-refractivity contribution in [3.05, 3.63) is 27.7 Å².